The Balaban J connectivity index is 1.65. The van der Waals surface area contributed by atoms with Gasteiger partial charge in [-0.25, -0.2) is 8.42 Å². The number of benzene rings is 2. The first kappa shape index (κ1) is 21.0. The lowest BCUT2D eigenvalue weighted by molar-refractivity contribution is -0.117. The molecule has 1 amide bonds. The van der Waals surface area contributed by atoms with Crippen LogP contribution in [0.1, 0.15) is 5.56 Å². The summed E-state index contributed by atoms with van der Waals surface area (Å²) in [6.07, 6.45) is 0.129. The summed E-state index contributed by atoms with van der Waals surface area (Å²) in [5.41, 5.74) is 1.46. The second kappa shape index (κ2) is 8.12. The fraction of sp³-hybridized carbons (Fsp3) is 0.263. The molecule has 0 aliphatic carbocycles. The maximum Gasteiger partial charge on any atom is 0.252 e. The highest BCUT2D eigenvalue weighted by Crippen LogP contribution is 2.42. The van der Waals surface area contributed by atoms with Gasteiger partial charge in [-0.1, -0.05) is 58.7 Å². The van der Waals surface area contributed by atoms with Gasteiger partial charge in [-0.15, -0.1) is 0 Å². The number of hydrogen-bond acceptors (Lipinski definition) is 4. The van der Waals surface area contributed by atoms with E-state index < -0.39 is 9.84 Å². The smallest absolute Gasteiger partial charge is 0.252 e. The zero-order valence-corrected chi connectivity index (χ0v) is 18.8. The van der Waals surface area contributed by atoms with E-state index in [0.717, 1.165) is 5.56 Å². The van der Waals surface area contributed by atoms with E-state index in [9.17, 15) is 13.2 Å². The number of nitrogens with zero attached hydrogens (tertiary/aromatic N) is 2. The number of rotatable bonds is 3. The Morgan fingerprint density at radius 1 is 1.07 bits per heavy atom. The molecule has 152 valence electrons. The lowest BCUT2D eigenvalue weighted by Gasteiger charge is -2.24. The van der Waals surface area contributed by atoms with Gasteiger partial charge in [0, 0.05) is 16.0 Å². The van der Waals surface area contributed by atoms with Gasteiger partial charge in [-0.05, 0) is 35.9 Å². The summed E-state index contributed by atoms with van der Waals surface area (Å²) >= 11 is 19.4. The molecule has 5 nitrogen and oxygen atoms in total. The van der Waals surface area contributed by atoms with E-state index in [2.05, 4.69) is 4.99 Å². The van der Waals surface area contributed by atoms with Crippen molar-refractivity contribution >= 4 is 73.2 Å². The number of halogens is 3. The van der Waals surface area contributed by atoms with Crippen molar-refractivity contribution in [1.82, 2.24) is 0 Å². The van der Waals surface area contributed by atoms with Crippen LogP contribution in [-0.2, 0) is 21.1 Å². The third-order valence-electron chi connectivity index (χ3n) is 4.74. The first-order valence-corrected chi connectivity index (χ1v) is 12.5. The van der Waals surface area contributed by atoms with Crippen LogP contribution >= 0.6 is 46.6 Å². The van der Waals surface area contributed by atoms with Crippen LogP contribution < -0.4 is 4.90 Å². The van der Waals surface area contributed by atoms with E-state index in [0.29, 0.717) is 25.9 Å². The van der Waals surface area contributed by atoms with Crippen molar-refractivity contribution in [2.45, 2.75) is 17.7 Å². The summed E-state index contributed by atoms with van der Waals surface area (Å²) in [5.74, 6) is -0.248. The molecule has 0 aromatic heterocycles. The summed E-state index contributed by atoms with van der Waals surface area (Å²) in [4.78, 5) is 18.7. The predicted octanol–water partition coefficient (Wildman–Crippen LogP) is 4.49. The molecular formula is C19H15Cl3N2O3S2. The molecule has 2 aromatic carbocycles. The molecule has 29 heavy (non-hydrogen) atoms. The monoisotopic (exact) mass is 488 g/mol. The number of amidine groups is 1. The Bertz CT molecular complexity index is 1100. The van der Waals surface area contributed by atoms with E-state index in [-0.39, 0.29) is 35.1 Å². The van der Waals surface area contributed by atoms with Crippen molar-refractivity contribution in [1.29, 1.82) is 0 Å². The van der Waals surface area contributed by atoms with Crippen molar-refractivity contribution in [3.63, 3.8) is 0 Å². The number of anilines is 1. The molecule has 2 heterocycles. The lowest BCUT2D eigenvalue weighted by Crippen LogP contribution is -2.37. The minimum absolute atomic E-state index is 0.00923. The first-order chi connectivity index (χ1) is 13.7. The topological polar surface area (TPSA) is 66.8 Å². The van der Waals surface area contributed by atoms with Gasteiger partial charge < -0.3 is 4.90 Å². The molecule has 2 unspecified atom stereocenters. The molecule has 0 radical (unpaired) electrons. The van der Waals surface area contributed by atoms with E-state index >= 15 is 0 Å². The quantitative estimate of drug-likeness (QED) is 0.635. The van der Waals surface area contributed by atoms with Gasteiger partial charge in [0.2, 0.25) is 0 Å². The normalized spacial score (nSPS) is 24.1. The van der Waals surface area contributed by atoms with E-state index in [1.807, 2.05) is 0 Å². The maximum atomic E-state index is 12.6. The second-order valence-corrected chi connectivity index (χ2v) is 11.5. The van der Waals surface area contributed by atoms with Crippen molar-refractivity contribution < 1.29 is 13.2 Å². The molecule has 2 aromatic rings. The molecule has 4 rings (SSSR count). The first-order valence-electron chi connectivity index (χ1n) is 8.69. The van der Waals surface area contributed by atoms with Crippen LogP contribution in [-0.4, -0.2) is 42.3 Å². The zero-order chi connectivity index (χ0) is 20.8. The average molecular weight is 490 g/mol. The van der Waals surface area contributed by atoms with Crippen LogP contribution in [0.15, 0.2) is 47.5 Å². The third kappa shape index (κ3) is 4.59. The average Bonchev–Trinajstić information content (AvgIpc) is 3.10. The summed E-state index contributed by atoms with van der Waals surface area (Å²) in [7, 11) is -3.14. The van der Waals surface area contributed by atoms with Crippen LogP contribution in [0.25, 0.3) is 0 Å². The molecule has 0 bridgehead atoms. The number of carbonyl (C=O) groups excluding carboxylic acids is 1. The Labute approximate surface area is 188 Å². The third-order valence-corrected chi connectivity index (χ3v) is 8.94. The molecule has 2 saturated heterocycles. The second-order valence-electron chi connectivity index (χ2n) is 6.86. The Morgan fingerprint density at radius 2 is 1.79 bits per heavy atom. The van der Waals surface area contributed by atoms with Crippen LogP contribution in [0.4, 0.5) is 5.69 Å². The van der Waals surface area contributed by atoms with E-state index in [1.54, 1.807) is 47.4 Å². The maximum absolute atomic E-state index is 12.6. The van der Waals surface area contributed by atoms with E-state index in [4.69, 9.17) is 34.8 Å². The zero-order valence-electron chi connectivity index (χ0n) is 14.9. The molecular weight excluding hydrogens is 475 g/mol. The number of fused-ring (bicyclic) bond motifs is 1. The molecule has 2 atom stereocenters. The number of sulfone groups is 1. The van der Waals surface area contributed by atoms with Gasteiger partial charge in [0.15, 0.2) is 15.0 Å². The number of carbonyl (C=O) groups is 1. The van der Waals surface area contributed by atoms with Crippen LogP contribution in [0.2, 0.25) is 15.1 Å². The largest absolute Gasteiger partial charge is 0.316 e. The summed E-state index contributed by atoms with van der Waals surface area (Å²) in [6, 6.07) is 11.8. The standard InChI is InChI=1S/C19H15Cl3N2O3S2/c20-12-3-1-11(2-4-12)7-18(25)23-19-24(13-5-6-14(21)15(22)8-13)16-9-29(26,27)10-17(16)28-19/h1-6,8,16-17H,7,9-10H2. The van der Waals surface area contributed by atoms with Gasteiger partial charge in [-0.3, -0.25) is 4.79 Å². The van der Waals surface area contributed by atoms with Gasteiger partial charge in [0.25, 0.3) is 5.91 Å². The van der Waals surface area contributed by atoms with Gasteiger partial charge in [-0.2, -0.15) is 4.99 Å². The highest BCUT2D eigenvalue weighted by Gasteiger charge is 2.49. The summed E-state index contributed by atoms with van der Waals surface area (Å²) < 4.78 is 24.3. The highest BCUT2D eigenvalue weighted by molar-refractivity contribution is 8.16. The van der Waals surface area contributed by atoms with Crippen LogP contribution in [0.5, 0.6) is 0 Å². The molecule has 2 fully saturated rings. The van der Waals surface area contributed by atoms with Gasteiger partial charge >= 0.3 is 0 Å². The number of hydrogen-bond donors (Lipinski definition) is 0. The molecule has 2 aliphatic heterocycles. The van der Waals surface area contributed by atoms with Crippen molar-refractivity contribution in [3.8, 4) is 0 Å². The summed E-state index contributed by atoms with van der Waals surface area (Å²) in [6.45, 7) is 0. The predicted molar refractivity (Wildman–Crippen MR) is 120 cm³/mol. The fourth-order valence-electron chi connectivity index (χ4n) is 3.42. The van der Waals surface area contributed by atoms with Crippen LogP contribution in [0.3, 0.4) is 0 Å². The highest BCUT2D eigenvalue weighted by atomic mass is 35.5. The number of amides is 1. The van der Waals surface area contributed by atoms with Crippen molar-refractivity contribution in [3.05, 3.63) is 63.1 Å². The lowest BCUT2D eigenvalue weighted by atomic mass is 10.1. The van der Waals surface area contributed by atoms with Crippen molar-refractivity contribution in [2.75, 3.05) is 16.4 Å². The minimum Gasteiger partial charge on any atom is -0.316 e. The van der Waals surface area contributed by atoms with Crippen molar-refractivity contribution in [2.24, 2.45) is 4.99 Å². The molecule has 10 heteroatoms. The number of aliphatic imine (C=N–C) groups is 1. The fourth-order valence-corrected chi connectivity index (χ4v) is 7.77. The molecule has 0 saturated carbocycles. The summed E-state index contributed by atoms with van der Waals surface area (Å²) in [5, 5.41) is 1.64. The van der Waals surface area contributed by atoms with Gasteiger partial charge in [0.1, 0.15) is 0 Å². The van der Waals surface area contributed by atoms with E-state index in [1.165, 1.54) is 11.8 Å². The minimum atomic E-state index is -3.14. The van der Waals surface area contributed by atoms with Crippen LogP contribution in [0, 0.1) is 0 Å². The molecule has 2 aliphatic rings. The Morgan fingerprint density at radius 3 is 2.48 bits per heavy atom. The number of thioether (sulfide) groups is 1. The SMILES string of the molecule is O=C(Cc1ccc(Cl)cc1)N=C1SC2CS(=O)(=O)CC2N1c1ccc(Cl)c(Cl)c1. The van der Waals surface area contributed by atoms with Gasteiger partial charge in [0.05, 0.1) is 34.0 Å². The molecule has 0 spiro atoms. The molecule has 0 N–H and O–H groups in total. The Hall–Kier alpha value is -1.25. The Kier molecular flexibility index (Phi) is 5.88.